The van der Waals surface area contributed by atoms with E-state index >= 15 is 0 Å². The van der Waals surface area contributed by atoms with Gasteiger partial charge in [-0.25, -0.2) is 9.79 Å². The van der Waals surface area contributed by atoms with Gasteiger partial charge >= 0.3 is 5.63 Å². The summed E-state index contributed by atoms with van der Waals surface area (Å²) in [5.41, 5.74) is 2.75. The number of thioether (sulfide) groups is 1. The smallest absolute Gasteiger partial charge is 0.350 e. The summed E-state index contributed by atoms with van der Waals surface area (Å²) < 4.78 is 5.18. The summed E-state index contributed by atoms with van der Waals surface area (Å²) in [4.78, 5) is 39.4. The van der Waals surface area contributed by atoms with Crippen LogP contribution in [0.15, 0.2) is 43.6 Å². The van der Waals surface area contributed by atoms with Crippen LogP contribution in [0, 0.1) is 0 Å². The zero-order valence-corrected chi connectivity index (χ0v) is 13.0. The molecule has 4 rings (SSSR count). The van der Waals surface area contributed by atoms with Crippen LogP contribution in [-0.2, 0) is 4.79 Å². The molecule has 2 aliphatic rings. The highest BCUT2D eigenvalue weighted by atomic mass is 32.2. The quantitative estimate of drug-likeness (QED) is 0.767. The number of para-hydroxylation sites is 1. The summed E-state index contributed by atoms with van der Waals surface area (Å²) in [6.07, 6.45) is 0. The molecule has 0 bridgehead atoms. The zero-order valence-electron chi connectivity index (χ0n) is 12.2. The predicted octanol–water partition coefficient (Wildman–Crippen LogP) is 0.459. The highest BCUT2D eigenvalue weighted by Gasteiger charge is 2.31. The molecule has 0 saturated heterocycles. The lowest BCUT2D eigenvalue weighted by Gasteiger charge is -2.14. The molecular formula is C15H10N4O4S. The van der Waals surface area contributed by atoms with E-state index in [2.05, 4.69) is 20.8 Å². The average Bonchev–Trinajstić information content (AvgIpc) is 2.91. The third-order valence-electron chi connectivity index (χ3n) is 3.53. The Morgan fingerprint density at radius 3 is 2.83 bits per heavy atom. The summed E-state index contributed by atoms with van der Waals surface area (Å²) in [6, 6.07) is 6.98. The van der Waals surface area contributed by atoms with Gasteiger partial charge in [0.1, 0.15) is 28.6 Å². The number of hydrazone groups is 1. The highest BCUT2D eigenvalue weighted by molar-refractivity contribution is 8.15. The number of benzene rings is 1. The molecule has 2 N–H and O–H groups in total. The van der Waals surface area contributed by atoms with Gasteiger partial charge in [-0.3, -0.25) is 15.0 Å². The molecular weight excluding hydrogens is 332 g/mol. The van der Waals surface area contributed by atoms with Gasteiger partial charge in [-0.15, -0.1) is 0 Å². The Kier molecular flexibility index (Phi) is 3.42. The Labute approximate surface area is 139 Å². The summed E-state index contributed by atoms with van der Waals surface area (Å²) >= 11 is 1.23. The fourth-order valence-electron chi connectivity index (χ4n) is 2.52. The molecule has 2 aliphatic heterocycles. The Morgan fingerprint density at radius 1 is 1.17 bits per heavy atom. The van der Waals surface area contributed by atoms with Gasteiger partial charge in [0.15, 0.2) is 0 Å². The minimum atomic E-state index is -0.696. The van der Waals surface area contributed by atoms with Crippen molar-refractivity contribution in [3.63, 3.8) is 0 Å². The van der Waals surface area contributed by atoms with E-state index in [-0.39, 0.29) is 18.0 Å². The van der Waals surface area contributed by atoms with Crippen LogP contribution in [0.1, 0.15) is 15.9 Å². The maximum absolute atomic E-state index is 12.1. The maximum atomic E-state index is 12.1. The van der Waals surface area contributed by atoms with Crippen LogP contribution in [0.4, 0.5) is 0 Å². The van der Waals surface area contributed by atoms with Crippen molar-refractivity contribution in [2.75, 3.05) is 12.3 Å². The van der Waals surface area contributed by atoms with Gasteiger partial charge in [0, 0.05) is 10.9 Å². The first-order valence-corrected chi connectivity index (χ1v) is 8.03. The molecule has 0 saturated carbocycles. The highest BCUT2D eigenvalue weighted by Crippen LogP contribution is 2.29. The summed E-state index contributed by atoms with van der Waals surface area (Å²) in [7, 11) is 0. The molecule has 8 nitrogen and oxygen atoms in total. The van der Waals surface area contributed by atoms with Crippen molar-refractivity contribution < 1.29 is 14.0 Å². The molecule has 9 heteroatoms. The van der Waals surface area contributed by atoms with Gasteiger partial charge in [0.25, 0.3) is 5.91 Å². The fourth-order valence-corrected chi connectivity index (χ4v) is 3.43. The summed E-state index contributed by atoms with van der Waals surface area (Å²) in [6.45, 7) is 0.127. The van der Waals surface area contributed by atoms with Crippen LogP contribution in [0.5, 0.6) is 0 Å². The van der Waals surface area contributed by atoms with Crippen LogP contribution in [0.3, 0.4) is 0 Å². The molecule has 2 amide bonds. The molecule has 0 radical (unpaired) electrons. The van der Waals surface area contributed by atoms with E-state index < -0.39 is 11.5 Å². The number of hydrogen-bond donors (Lipinski definition) is 2. The predicted molar refractivity (Wildman–Crippen MR) is 89.4 cm³/mol. The van der Waals surface area contributed by atoms with E-state index in [1.807, 2.05) is 0 Å². The fraction of sp³-hybridized carbons (Fsp3) is 0.133. The number of fused-ring (bicyclic) bond motifs is 3. The Hall–Kier alpha value is -2.94. The minimum absolute atomic E-state index is 0.0519. The molecule has 3 heterocycles. The van der Waals surface area contributed by atoms with Gasteiger partial charge in [0.2, 0.25) is 5.91 Å². The van der Waals surface area contributed by atoms with Crippen molar-refractivity contribution >= 4 is 45.4 Å². The monoisotopic (exact) mass is 342 g/mol. The average molecular weight is 342 g/mol. The van der Waals surface area contributed by atoms with Crippen LogP contribution < -0.4 is 16.4 Å². The lowest BCUT2D eigenvalue weighted by molar-refractivity contribution is -0.119. The van der Waals surface area contributed by atoms with E-state index in [1.165, 1.54) is 11.8 Å². The Bertz CT molecular complexity index is 1010. The van der Waals surface area contributed by atoms with E-state index in [0.717, 1.165) is 0 Å². The standard InChI is InChI=1S/C15H10N4O4S/c20-10-5-16-19-9(17-10)6-24-14-11-7-3-1-2-4-8(7)23-15(22)12(11)13(21)18-14/h1-4,16H,5-6H2,(H,17,19,20). The first-order valence-electron chi connectivity index (χ1n) is 7.05. The number of nitrogens with zero attached hydrogens (tertiary/aromatic N) is 2. The van der Waals surface area contributed by atoms with Gasteiger partial charge in [0.05, 0.1) is 5.75 Å². The van der Waals surface area contributed by atoms with Crippen molar-refractivity contribution in [2.45, 2.75) is 0 Å². The minimum Gasteiger partial charge on any atom is -0.422 e. The van der Waals surface area contributed by atoms with Crippen LogP contribution >= 0.6 is 11.8 Å². The molecule has 0 atom stereocenters. The zero-order chi connectivity index (χ0) is 16.7. The topological polar surface area (TPSA) is 113 Å². The second-order valence-electron chi connectivity index (χ2n) is 5.09. The third-order valence-corrected chi connectivity index (χ3v) is 4.51. The number of nitrogens with one attached hydrogen (secondary N) is 2. The second-order valence-corrected chi connectivity index (χ2v) is 6.05. The van der Waals surface area contributed by atoms with E-state index in [0.29, 0.717) is 33.2 Å². The number of aliphatic imine (C=N–C) groups is 1. The number of hydrogen-bond acceptors (Lipinski definition) is 7. The van der Waals surface area contributed by atoms with E-state index in [1.54, 1.807) is 24.3 Å². The van der Waals surface area contributed by atoms with Crippen LogP contribution in [0.25, 0.3) is 11.0 Å². The largest absolute Gasteiger partial charge is 0.422 e. The lowest BCUT2D eigenvalue weighted by Crippen LogP contribution is -2.43. The van der Waals surface area contributed by atoms with Crippen molar-refractivity contribution in [1.29, 1.82) is 0 Å². The number of carbonyl (C=O) groups excluding carboxylic acids is 2. The maximum Gasteiger partial charge on any atom is 0.350 e. The van der Waals surface area contributed by atoms with Crippen molar-refractivity contribution in [3.8, 4) is 0 Å². The molecule has 0 fully saturated rings. The summed E-state index contributed by atoms with van der Waals surface area (Å²) in [5, 5.41) is 7.69. The lowest BCUT2D eigenvalue weighted by atomic mass is 10.1. The number of rotatable bonds is 2. The number of carbonyl (C=O) groups is 2. The number of amides is 2. The molecule has 2 aromatic rings. The molecule has 24 heavy (non-hydrogen) atoms. The Balaban J connectivity index is 1.72. The summed E-state index contributed by atoms with van der Waals surface area (Å²) in [5.74, 6) is -0.0536. The van der Waals surface area contributed by atoms with Gasteiger partial charge in [-0.05, 0) is 6.07 Å². The van der Waals surface area contributed by atoms with Gasteiger partial charge < -0.3 is 9.73 Å². The molecule has 1 aromatic heterocycles. The van der Waals surface area contributed by atoms with E-state index in [4.69, 9.17) is 4.42 Å². The van der Waals surface area contributed by atoms with E-state index in [9.17, 15) is 14.4 Å². The van der Waals surface area contributed by atoms with Crippen LogP contribution in [0.2, 0.25) is 0 Å². The molecule has 120 valence electrons. The second kappa shape index (κ2) is 5.60. The van der Waals surface area contributed by atoms with Gasteiger partial charge in [-0.2, -0.15) is 5.10 Å². The molecule has 0 spiro atoms. The van der Waals surface area contributed by atoms with Crippen LogP contribution in [-0.4, -0.2) is 35.0 Å². The number of amidine groups is 1. The SMILES string of the molecule is O=C1CNN=C(CSC2=NC(=O)c3c2c2ccccc2oc3=O)N1. The molecule has 1 aromatic carbocycles. The molecule has 0 aliphatic carbocycles. The van der Waals surface area contributed by atoms with Crippen molar-refractivity contribution in [2.24, 2.45) is 10.1 Å². The third kappa shape index (κ3) is 2.38. The first-order chi connectivity index (χ1) is 11.6. The first kappa shape index (κ1) is 14.6. The van der Waals surface area contributed by atoms with Crippen molar-refractivity contribution in [3.05, 3.63) is 45.8 Å². The van der Waals surface area contributed by atoms with Crippen molar-refractivity contribution in [1.82, 2.24) is 10.7 Å². The van der Waals surface area contributed by atoms with Gasteiger partial charge in [-0.1, -0.05) is 30.0 Å². The normalized spacial score (nSPS) is 16.3. The Morgan fingerprint density at radius 2 is 2.00 bits per heavy atom. The molecule has 0 unspecified atom stereocenters.